The molecule has 2 heteroatoms. The third-order valence-electron chi connectivity index (χ3n) is 1.36. The average molecular weight is 141 g/mol. The third-order valence-corrected chi connectivity index (χ3v) is 2.28. The van der Waals surface area contributed by atoms with Crippen molar-refractivity contribution in [3.05, 3.63) is 11.0 Å². The van der Waals surface area contributed by atoms with Gasteiger partial charge in [0.25, 0.3) is 0 Å². The Morgan fingerprint density at radius 1 is 1.78 bits per heavy atom. The van der Waals surface area contributed by atoms with E-state index in [2.05, 4.69) is 17.3 Å². The van der Waals surface area contributed by atoms with Crippen molar-refractivity contribution in [3.63, 3.8) is 0 Å². The highest BCUT2D eigenvalue weighted by Gasteiger charge is 1.99. The van der Waals surface area contributed by atoms with Crippen LogP contribution in [0.4, 0.5) is 0 Å². The van der Waals surface area contributed by atoms with Crippen LogP contribution in [-0.2, 0) is 0 Å². The topological polar surface area (TPSA) is 12.4 Å². The minimum Gasteiger partial charge on any atom is -0.278 e. The van der Waals surface area contributed by atoms with Gasteiger partial charge in [0, 0.05) is 0 Å². The number of nitrogens with zero attached hydrogens (tertiary/aromatic N) is 1. The second-order valence-electron chi connectivity index (χ2n) is 2.08. The van der Waals surface area contributed by atoms with Gasteiger partial charge in [0.1, 0.15) is 0 Å². The van der Waals surface area contributed by atoms with E-state index in [0.29, 0.717) is 0 Å². The molecule has 0 fully saturated rings. The smallest absolute Gasteiger partial charge is 0.0690 e. The predicted octanol–water partition coefficient (Wildman–Crippen LogP) is 2.45. The van der Waals surface area contributed by atoms with Crippen LogP contribution < -0.4 is 0 Å². The molecule has 1 aliphatic heterocycles. The highest BCUT2D eigenvalue weighted by molar-refractivity contribution is 8.16. The molecule has 0 unspecified atom stereocenters. The molecule has 1 heterocycles. The van der Waals surface area contributed by atoms with Crippen LogP contribution >= 0.6 is 11.8 Å². The van der Waals surface area contributed by atoms with Crippen LogP contribution in [0, 0.1) is 0 Å². The van der Waals surface area contributed by atoms with Crippen LogP contribution in [0.2, 0.25) is 0 Å². The van der Waals surface area contributed by atoms with Crippen molar-refractivity contribution in [1.82, 2.24) is 0 Å². The van der Waals surface area contributed by atoms with Gasteiger partial charge in [-0.2, -0.15) is 0 Å². The summed E-state index contributed by atoms with van der Waals surface area (Å²) in [6.45, 7) is 5.14. The van der Waals surface area contributed by atoms with E-state index in [4.69, 9.17) is 0 Å². The maximum Gasteiger partial charge on any atom is 0.0690 e. The quantitative estimate of drug-likeness (QED) is 0.546. The summed E-state index contributed by atoms with van der Waals surface area (Å²) >= 11 is 1.74. The lowest BCUT2D eigenvalue weighted by Gasteiger charge is -2.06. The molecule has 0 bridgehead atoms. The fraction of sp³-hybridized carbons (Fsp3) is 0.571. The second kappa shape index (κ2) is 3.06. The summed E-state index contributed by atoms with van der Waals surface area (Å²) in [6, 6.07) is 0. The lowest BCUT2D eigenvalue weighted by atomic mass is 10.2. The SMILES string of the molecule is CCC1=CSC(C)=NC1. The van der Waals surface area contributed by atoms with E-state index in [9.17, 15) is 0 Å². The van der Waals surface area contributed by atoms with Gasteiger partial charge in [0.15, 0.2) is 0 Å². The highest BCUT2D eigenvalue weighted by Crippen LogP contribution is 2.17. The van der Waals surface area contributed by atoms with E-state index in [-0.39, 0.29) is 0 Å². The summed E-state index contributed by atoms with van der Waals surface area (Å²) in [7, 11) is 0. The number of hydrogen-bond donors (Lipinski definition) is 0. The first-order valence-electron chi connectivity index (χ1n) is 3.18. The molecule has 0 N–H and O–H groups in total. The average Bonchev–Trinajstić information content (AvgIpc) is 1.90. The monoisotopic (exact) mass is 141 g/mol. The van der Waals surface area contributed by atoms with Gasteiger partial charge in [-0.25, -0.2) is 0 Å². The van der Waals surface area contributed by atoms with Crippen LogP contribution in [0.15, 0.2) is 16.0 Å². The second-order valence-corrected chi connectivity index (χ2v) is 3.14. The molecule has 0 aromatic carbocycles. The standard InChI is InChI=1S/C7H11NS/c1-3-7-4-8-6(2)9-5-7/h5H,3-4H2,1-2H3. The van der Waals surface area contributed by atoms with Crippen LogP contribution in [0.1, 0.15) is 20.3 Å². The maximum absolute atomic E-state index is 4.29. The fourth-order valence-corrected chi connectivity index (χ4v) is 1.37. The lowest BCUT2D eigenvalue weighted by molar-refractivity contribution is 1.01. The number of rotatable bonds is 1. The van der Waals surface area contributed by atoms with E-state index in [0.717, 1.165) is 13.0 Å². The minimum absolute atomic E-state index is 0.926. The Bertz CT molecular complexity index is 158. The van der Waals surface area contributed by atoms with Crippen LogP contribution in [-0.4, -0.2) is 11.6 Å². The third kappa shape index (κ3) is 1.86. The molecule has 0 aromatic heterocycles. The van der Waals surface area contributed by atoms with Crippen molar-refractivity contribution in [1.29, 1.82) is 0 Å². The van der Waals surface area contributed by atoms with E-state index in [1.54, 1.807) is 11.8 Å². The predicted molar refractivity (Wildman–Crippen MR) is 43.9 cm³/mol. The largest absolute Gasteiger partial charge is 0.278 e. The van der Waals surface area contributed by atoms with Crippen molar-refractivity contribution in [2.75, 3.05) is 6.54 Å². The molecule has 0 saturated heterocycles. The molecule has 50 valence electrons. The Labute approximate surface area is 60.3 Å². The first-order chi connectivity index (χ1) is 4.33. The van der Waals surface area contributed by atoms with Gasteiger partial charge in [-0.15, -0.1) is 0 Å². The minimum atomic E-state index is 0.926. The van der Waals surface area contributed by atoms with E-state index in [1.807, 2.05) is 6.92 Å². The summed E-state index contributed by atoms with van der Waals surface area (Å²) in [5, 5.41) is 3.40. The molecular weight excluding hydrogens is 130 g/mol. The molecule has 1 nitrogen and oxygen atoms in total. The van der Waals surface area contributed by atoms with Crippen LogP contribution in [0.3, 0.4) is 0 Å². The Balaban J connectivity index is 2.48. The van der Waals surface area contributed by atoms with Crippen molar-refractivity contribution in [2.45, 2.75) is 20.3 Å². The van der Waals surface area contributed by atoms with E-state index < -0.39 is 0 Å². The zero-order valence-corrected chi connectivity index (χ0v) is 6.66. The van der Waals surface area contributed by atoms with Crippen molar-refractivity contribution < 1.29 is 0 Å². The van der Waals surface area contributed by atoms with Crippen molar-refractivity contribution in [3.8, 4) is 0 Å². The zero-order chi connectivity index (χ0) is 6.69. The molecule has 9 heavy (non-hydrogen) atoms. The van der Waals surface area contributed by atoms with Gasteiger partial charge in [-0.3, -0.25) is 4.99 Å². The summed E-state index contributed by atoms with van der Waals surface area (Å²) in [6.07, 6.45) is 1.14. The Morgan fingerprint density at radius 3 is 3.00 bits per heavy atom. The van der Waals surface area contributed by atoms with Gasteiger partial charge in [-0.1, -0.05) is 18.7 Å². The van der Waals surface area contributed by atoms with Gasteiger partial charge in [0.2, 0.25) is 0 Å². The molecule has 0 saturated carbocycles. The van der Waals surface area contributed by atoms with Gasteiger partial charge in [-0.05, 0) is 24.3 Å². The number of hydrogen-bond acceptors (Lipinski definition) is 2. The zero-order valence-electron chi connectivity index (χ0n) is 5.85. The van der Waals surface area contributed by atoms with Crippen LogP contribution in [0.25, 0.3) is 0 Å². The Kier molecular flexibility index (Phi) is 2.34. The first kappa shape index (κ1) is 6.87. The molecule has 1 rings (SSSR count). The molecule has 0 aromatic rings. The highest BCUT2D eigenvalue weighted by atomic mass is 32.2. The molecule has 0 amide bonds. The molecule has 0 aliphatic carbocycles. The van der Waals surface area contributed by atoms with Crippen molar-refractivity contribution in [2.24, 2.45) is 4.99 Å². The van der Waals surface area contributed by atoms with E-state index >= 15 is 0 Å². The molecule has 0 atom stereocenters. The Morgan fingerprint density at radius 2 is 2.56 bits per heavy atom. The molecule has 0 spiro atoms. The van der Waals surface area contributed by atoms with E-state index in [1.165, 1.54) is 10.6 Å². The normalized spacial score (nSPS) is 18.9. The summed E-state index contributed by atoms with van der Waals surface area (Å²) in [4.78, 5) is 4.29. The number of thioether (sulfide) groups is 1. The van der Waals surface area contributed by atoms with Gasteiger partial charge < -0.3 is 0 Å². The molecular formula is C7H11NS. The number of aliphatic imine (C=N–C) groups is 1. The van der Waals surface area contributed by atoms with Gasteiger partial charge >= 0.3 is 0 Å². The molecule has 0 radical (unpaired) electrons. The van der Waals surface area contributed by atoms with Gasteiger partial charge in [0.05, 0.1) is 11.6 Å². The summed E-state index contributed by atoms with van der Waals surface area (Å²) in [5.74, 6) is 0. The fourth-order valence-electron chi connectivity index (χ4n) is 0.651. The Hall–Kier alpha value is -0.240. The summed E-state index contributed by atoms with van der Waals surface area (Å²) < 4.78 is 0. The van der Waals surface area contributed by atoms with Crippen LogP contribution in [0.5, 0.6) is 0 Å². The van der Waals surface area contributed by atoms with Crippen molar-refractivity contribution >= 4 is 16.8 Å². The maximum atomic E-state index is 4.29. The molecule has 1 aliphatic rings. The first-order valence-corrected chi connectivity index (χ1v) is 4.06. The summed E-state index contributed by atoms with van der Waals surface area (Å²) in [5.41, 5.74) is 1.45. The lowest BCUT2D eigenvalue weighted by Crippen LogP contribution is -1.95.